The highest BCUT2D eigenvalue weighted by Gasteiger charge is 2.28. The van der Waals surface area contributed by atoms with Gasteiger partial charge in [-0.05, 0) is 6.92 Å². The van der Waals surface area contributed by atoms with E-state index in [9.17, 15) is 14.4 Å². The Morgan fingerprint density at radius 2 is 2.08 bits per heavy atom. The van der Waals surface area contributed by atoms with Gasteiger partial charge in [0.1, 0.15) is 5.70 Å². The summed E-state index contributed by atoms with van der Waals surface area (Å²) in [4.78, 5) is 33.0. The highest BCUT2D eigenvalue weighted by Crippen LogP contribution is 2.10. The van der Waals surface area contributed by atoms with Crippen LogP contribution in [0.4, 0.5) is 0 Å². The molecule has 13 heavy (non-hydrogen) atoms. The van der Waals surface area contributed by atoms with Crippen molar-refractivity contribution in [3.63, 3.8) is 0 Å². The molecule has 1 aliphatic rings. The Kier molecular flexibility index (Phi) is 2.57. The van der Waals surface area contributed by atoms with Crippen molar-refractivity contribution in [1.29, 1.82) is 0 Å². The van der Waals surface area contributed by atoms with Gasteiger partial charge in [0.25, 0.3) is 0 Å². The maximum absolute atomic E-state index is 11.2. The molecule has 70 valence electrons. The summed E-state index contributed by atoms with van der Waals surface area (Å²) >= 11 is 0. The van der Waals surface area contributed by atoms with Crippen LogP contribution in [0, 0.1) is 0 Å². The molecule has 0 aromatic heterocycles. The first-order chi connectivity index (χ1) is 6.06. The zero-order valence-electron chi connectivity index (χ0n) is 7.24. The summed E-state index contributed by atoms with van der Waals surface area (Å²) in [5.74, 6) is 3.67. The number of hydrazine groups is 1. The molecule has 1 aliphatic carbocycles. The molecule has 0 aromatic carbocycles. The number of allylic oxidation sites excluding steroid dienone is 2. The molecule has 0 spiro atoms. The molecule has 0 aromatic rings. The van der Waals surface area contributed by atoms with E-state index >= 15 is 0 Å². The number of carbonyl (C=O) groups is 3. The van der Waals surface area contributed by atoms with Crippen LogP contribution >= 0.6 is 0 Å². The molecule has 0 saturated carbocycles. The highest BCUT2D eigenvalue weighted by molar-refractivity contribution is 6.48. The van der Waals surface area contributed by atoms with E-state index < -0.39 is 11.6 Å². The molecule has 1 rings (SSSR count). The van der Waals surface area contributed by atoms with Gasteiger partial charge in [-0.1, -0.05) is 0 Å². The molecule has 0 bridgehead atoms. The van der Waals surface area contributed by atoms with Crippen molar-refractivity contribution in [3.8, 4) is 0 Å². The molecule has 0 radical (unpaired) electrons. The Morgan fingerprint density at radius 1 is 1.46 bits per heavy atom. The van der Waals surface area contributed by atoms with Gasteiger partial charge in [-0.3, -0.25) is 14.4 Å². The zero-order chi connectivity index (χ0) is 10.0. The molecule has 0 unspecified atom stereocenters. The fraction of sp³-hybridized carbons (Fsp3) is 0.375. The van der Waals surface area contributed by atoms with Gasteiger partial charge in [0.15, 0.2) is 5.78 Å². The summed E-state index contributed by atoms with van der Waals surface area (Å²) in [6.07, 6.45) is 0.785. The highest BCUT2D eigenvalue weighted by atomic mass is 16.2. The first-order valence-corrected chi connectivity index (χ1v) is 3.90. The molecule has 5 heteroatoms. The van der Waals surface area contributed by atoms with E-state index in [0.717, 1.165) is 11.1 Å². The minimum Gasteiger partial charge on any atom is -0.307 e. The second-order valence-electron chi connectivity index (χ2n) is 2.71. The lowest BCUT2D eigenvalue weighted by atomic mass is 10.0. The quantitative estimate of drug-likeness (QED) is 0.261. The van der Waals surface area contributed by atoms with Crippen molar-refractivity contribution in [1.82, 2.24) is 5.01 Å². The minimum absolute atomic E-state index is 0.0104. The zero-order valence-corrected chi connectivity index (χ0v) is 7.24. The molecule has 0 amide bonds. The Hall–Kier alpha value is -1.49. The lowest BCUT2D eigenvalue weighted by Gasteiger charge is -2.20. The number of nitrogens with two attached hydrogens (primary N) is 1. The van der Waals surface area contributed by atoms with E-state index in [0.29, 0.717) is 6.54 Å². The third-order valence-electron chi connectivity index (χ3n) is 1.77. The monoisotopic (exact) mass is 182 g/mol. The smallest absolute Gasteiger partial charge is 0.246 e. The topological polar surface area (TPSA) is 80.5 Å². The summed E-state index contributed by atoms with van der Waals surface area (Å²) in [6.45, 7) is 2.09. The van der Waals surface area contributed by atoms with E-state index in [1.54, 1.807) is 6.92 Å². The third-order valence-corrected chi connectivity index (χ3v) is 1.77. The van der Waals surface area contributed by atoms with Gasteiger partial charge >= 0.3 is 0 Å². The van der Waals surface area contributed by atoms with E-state index in [4.69, 9.17) is 5.84 Å². The van der Waals surface area contributed by atoms with Crippen LogP contribution in [-0.4, -0.2) is 28.9 Å². The number of rotatable bonds is 2. The van der Waals surface area contributed by atoms with Crippen molar-refractivity contribution >= 4 is 17.3 Å². The molecular formula is C8H10N2O3. The van der Waals surface area contributed by atoms with E-state index in [2.05, 4.69) is 0 Å². The lowest BCUT2D eigenvalue weighted by molar-refractivity contribution is -0.138. The fourth-order valence-electron chi connectivity index (χ4n) is 1.03. The van der Waals surface area contributed by atoms with Gasteiger partial charge < -0.3 is 5.01 Å². The number of Topliss-reactive ketones (excluding diaryl/α,β-unsaturated/α-hetero) is 2. The summed E-state index contributed by atoms with van der Waals surface area (Å²) < 4.78 is 0. The average Bonchev–Trinajstić information content (AvgIpc) is 2.10. The van der Waals surface area contributed by atoms with Crippen molar-refractivity contribution in [3.05, 3.63) is 11.8 Å². The van der Waals surface area contributed by atoms with Gasteiger partial charge in [0.05, 0.1) is 6.42 Å². The number of hydrogen-bond donors (Lipinski definition) is 1. The Bertz CT molecular complexity index is 307. The molecule has 0 aliphatic heterocycles. The van der Waals surface area contributed by atoms with Crippen LogP contribution < -0.4 is 5.84 Å². The fourth-order valence-corrected chi connectivity index (χ4v) is 1.03. The number of likely N-dealkylation sites (N-methyl/N-ethyl adjacent to an activating group) is 1. The van der Waals surface area contributed by atoms with Gasteiger partial charge in [0.2, 0.25) is 11.6 Å². The minimum atomic E-state index is -0.689. The molecule has 0 saturated heterocycles. The Morgan fingerprint density at radius 3 is 2.62 bits per heavy atom. The number of ketones is 3. The van der Waals surface area contributed by atoms with E-state index in [-0.39, 0.29) is 17.9 Å². The average molecular weight is 182 g/mol. The molecule has 2 N–H and O–H groups in total. The number of hydrogen-bond acceptors (Lipinski definition) is 5. The molecule has 0 heterocycles. The first kappa shape index (κ1) is 9.60. The second kappa shape index (κ2) is 3.49. The predicted molar refractivity (Wildman–Crippen MR) is 44.3 cm³/mol. The van der Waals surface area contributed by atoms with Gasteiger partial charge in [-0.25, -0.2) is 5.84 Å². The van der Waals surface area contributed by atoms with Gasteiger partial charge in [-0.15, -0.1) is 0 Å². The third kappa shape index (κ3) is 1.81. The maximum atomic E-state index is 11.2. The standard InChI is InChI=1S/C8H10N2O3/c1-2-10(9)6-3-5(11)4-7(12)8(6)13/h3H,2,4,9H2,1H3. The summed E-state index contributed by atoms with van der Waals surface area (Å²) in [7, 11) is 0. The van der Waals surface area contributed by atoms with Crippen LogP contribution in [0.15, 0.2) is 11.8 Å². The second-order valence-corrected chi connectivity index (χ2v) is 2.71. The van der Waals surface area contributed by atoms with Crippen LogP contribution in [0.1, 0.15) is 13.3 Å². The molecular weight excluding hydrogens is 172 g/mol. The lowest BCUT2D eigenvalue weighted by Crippen LogP contribution is -2.39. The van der Waals surface area contributed by atoms with Crippen LogP contribution in [0.25, 0.3) is 0 Å². The van der Waals surface area contributed by atoms with E-state index in [1.165, 1.54) is 0 Å². The van der Waals surface area contributed by atoms with Crippen molar-refractivity contribution in [2.75, 3.05) is 6.54 Å². The Labute approximate surface area is 75.2 Å². The summed E-state index contributed by atoms with van der Waals surface area (Å²) in [6, 6.07) is 0. The van der Waals surface area contributed by atoms with Crippen LogP contribution in [0.3, 0.4) is 0 Å². The Balaban J connectivity index is 2.99. The molecule has 5 nitrogen and oxygen atoms in total. The van der Waals surface area contributed by atoms with Crippen LogP contribution in [0.5, 0.6) is 0 Å². The van der Waals surface area contributed by atoms with Crippen molar-refractivity contribution < 1.29 is 14.4 Å². The van der Waals surface area contributed by atoms with Gasteiger partial charge in [0, 0.05) is 12.6 Å². The van der Waals surface area contributed by atoms with Crippen LogP contribution in [-0.2, 0) is 14.4 Å². The normalized spacial score (nSPS) is 17.4. The van der Waals surface area contributed by atoms with Gasteiger partial charge in [-0.2, -0.15) is 0 Å². The maximum Gasteiger partial charge on any atom is 0.246 e. The SMILES string of the molecule is CCN(N)C1=CC(=O)CC(=O)C1=O. The molecule has 0 atom stereocenters. The summed E-state index contributed by atoms with van der Waals surface area (Å²) in [5, 5.41) is 1.09. The van der Waals surface area contributed by atoms with Crippen molar-refractivity contribution in [2.45, 2.75) is 13.3 Å². The van der Waals surface area contributed by atoms with Crippen molar-refractivity contribution in [2.24, 2.45) is 5.84 Å². The molecule has 0 fully saturated rings. The number of carbonyl (C=O) groups excluding carboxylic acids is 3. The first-order valence-electron chi connectivity index (χ1n) is 3.90. The number of nitrogens with zero attached hydrogens (tertiary/aromatic N) is 1. The largest absolute Gasteiger partial charge is 0.307 e. The summed E-state index contributed by atoms with van der Waals surface area (Å²) in [5.41, 5.74) is -0.0104. The van der Waals surface area contributed by atoms with Crippen LogP contribution in [0.2, 0.25) is 0 Å². The predicted octanol–water partition coefficient (Wildman–Crippen LogP) is -0.823. The van der Waals surface area contributed by atoms with E-state index in [1.807, 2.05) is 0 Å².